The van der Waals surface area contributed by atoms with Crippen LogP contribution in [-0.2, 0) is 16.1 Å². The summed E-state index contributed by atoms with van der Waals surface area (Å²) in [5.41, 5.74) is 1.44. The Morgan fingerprint density at radius 2 is 2.24 bits per heavy atom. The smallest absolute Gasteiger partial charge is 0.228 e. The molecule has 2 amide bonds. The van der Waals surface area contributed by atoms with Gasteiger partial charge in [0.2, 0.25) is 11.8 Å². The van der Waals surface area contributed by atoms with Crippen molar-refractivity contribution >= 4 is 17.5 Å². The first kappa shape index (κ1) is 17.0. The number of methoxy groups -OCH3 is 1. The molecule has 7 nitrogen and oxygen atoms in total. The monoisotopic (exact) mass is 343 g/mol. The molecule has 0 saturated carbocycles. The number of anilines is 1. The number of nitrogens with zero attached hydrogens (tertiary/aromatic N) is 3. The van der Waals surface area contributed by atoms with E-state index in [0.717, 1.165) is 5.69 Å². The maximum absolute atomic E-state index is 12.7. The van der Waals surface area contributed by atoms with Gasteiger partial charge in [0, 0.05) is 37.8 Å². The van der Waals surface area contributed by atoms with Crippen LogP contribution in [0.4, 0.5) is 5.69 Å². The van der Waals surface area contributed by atoms with Gasteiger partial charge in [0.15, 0.2) is 0 Å². The number of ether oxygens (including phenoxy) is 1. The van der Waals surface area contributed by atoms with Crippen LogP contribution in [0.3, 0.4) is 0 Å². The van der Waals surface area contributed by atoms with Crippen molar-refractivity contribution in [2.45, 2.75) is 19.9 Å². The lowest BCUT2D eigenvalue weighted by atomic mass is 10.1. The number of benzene rings is 1. The molecule has 0 aliphatic carbocycles. The Kier molecular flexibility index (Phi) is 4.74. The van der Waals surface area contributed by atoms with Gasteiger partial charge in [-0.2, -0.15) is 0 Å². The second-order valence-electron chi connectivity index (χ2n) is 6.23. The van der Waals surface area contributed by atoms with E-state index in [1.54, 1.807) is 43.0 Å². The molecule has 0 radical (unpaired) electrons. The van der Waals surface area contributed by atoms with E-state index >= 15 is 0 Å². The van der Waals surface area contributed by atoms with Gasteiger partial charge in [-0.3, -0.25) is 9.59 Å². The molecule has 1 aromatic carbocycles. The van der Waals surface area contributed by atoms with Crippen LogP contribution in [0.25, 0.3) is 0 Å². The minimum atomic E-state index is -0.364. The summed E-state index contributed by atoms with van der Waals surface area (Å²) in [5.74, 6) is 0.892. The second-order valence-corrected chi connectivity index (χ2v) is 6.23. The van der Waals surface area contributed by atoms with Crippen LogP contribution in [0.1, 0.15) is 17.9 Å². The van der Waals surface area contributed by atoms with Crippen LogP contribution in [0.2, 0.25) is 0 Å². The molecule has 2 heterocycles. The van der Waals surface area contributed by atoms with Crippen LogP contribution < -0.4 is 9.64 Å². The first-order chi connectivity index (χ1) is 12.0. The number of carbonyl (C=O) groups is 2. The number of carbonyl (C=O) groups excluding carboxylic acids is 2. The molecule has 1 atom stereocenters. The third-order valence-electron chi connectivity index (χ3n) is 4.29. The van der Waals surface area contributed by atoms with Gasteiger partial charge >= 0.3 is 0 Å². The first-order valence-corrected chi connectivity index (χ1v) is 8.09. The van der Waals surface area contributed by atoms with Crippen molar-refractivity contribution in [3.8, 4) is 5.75 Å². The SMILES string of the molecule is COc1cccc(N2C[C@H](C(=O)N(C)Cc3cc(C)on3)CC2=O)c1. The van der Waals surface area contributed by atoms with Crippen LogP contribution >= 0.6 is 0 Å². The molecule has 0 bridgehead atoms. The maximum Gasteiger partial charge on any atom is 0.228 e. The number of aromatic nitrogens is 1. The molecule has 7 heteroatoms. The van der Waals surface area contributed by atoms with Crippen LogP contribution in [0.15, 0.2) is 34.9 Å². The highest BCUT2D eigenvalue weighted by Crippen LogP contribution is 2.28. The minimum Gasteiger partial charge on any atom is -0.497 e. The second kappa shape index (κ2) is 6.96. The van der Waals surface area contributed by atoms with Crippen molar-refractivity contribution in [2.24, 2.45) is 5.92 Å². The topological polar surface area (TPSA) is 75.9 Å². The van der Waals surface area contributed by atoms with E-state index in [1.807, 2.05) is 18.2 Å². The van der Waals surface area contributed by atoms with Gasteiger partial charge in [0.05, 0.1) is 19.6 Å². The fourth-order valence-corrected chi connectivity index (χ4v) is 3.03. The standard InChI is InChI=1S/C18H21N3O4/c1-12-7-14(19-25-12)11-20(2)18(23)13-8-17(22)21(10-13)15-5-4-6-16(9-15)24-3/h4-7,9,13H,8,10-11H2,1-3H3/t13-/m1/s1. The first-order valence-electron chi connectivity index (χ1n) is 8.09. The summed E-state index contributed by atoms with van der Waals surface area (Å²) in [5, 5.41) is 3.90. The molecule has 0 N–H and O–H groups in total. The Balaban J connectivity index is 1.67. The molecule has 1 aromatic heterocycles. The molecule has 25 heavy (non-hydrogen) atoms. The van der Waals surface area contributed by atoms with Gasteiger partial charge in [-0.1, -0.05) is 11.2 Å². The summed E-state index contributed by atoms with van der Waals surface area (Å²) < 4.78 is 10.2. The van der Waals surface area contributed by atoms with E-state index < -0.39 is 0 Å². The molecular weight excluding hydrogens is 322 g/mol. The summed E-state index contributed by atoms with van der Waals surface area (Å²) in [4.78, 5) is 28.3. The quantitative estimate of drug-likeness (QED) is 0.830. The summed E-state index contributed by atoms with van der Waals surface area (Å²) >= 11 is 0. The van der Waals surface area contributed by atoms with E-state index in [4.69, 9.17) is 9.26 Å². The van der Waals surface area contributed by atoms with Gasteiger partial charge in [-0.15, -0.1) is 0 Å². The average Bonchev–Trinajstić information content (AvgIpc) is 3.19. The van der Waals surface area contributed by atoms with Crippen molar-refractivity contribution in [3.63, 3.8) is 0 Å². The number of aryl methyl sites for hydroxylation is 1. The Hall–Kier alpha value is -2.83. The van der Waals surface area contributed by atoms with E-state index in [1.165, 1.54) is 0 Å². The molecule has 132 valence electrons. The zero-order valence-corrected chi connectivity index (χ0v) is 14.6. The molecule has 1 aliphatic heterocycles. The highest BCUT2D eigenvalue weighted by molar-refractivity contribution is 6.00. The molecule has 0 spiro atoms. The van der Waals surface area contributed by atoms with Crippen LogP contribution in [-0.4, -0.2) is 42.6 Å². The Bertz CT molecular complexity index is 786. The number of hydrogen-bond donors (Lipinski definition) is 0. The van der Waals surface area contributed by atoms with Crippen molar-refractivity contribution in [2.75, 3.05) is 25.6 Å². The molecule has 1 fully saturated rings. The Labute approximate surface area is 146 Å². The average molecular weight is 343 g/mol. The fraction of sp³-hybridized carbons (Fsp3) is 0.389. The predicted molar refractivity (Wildman–Crippen MR) is 91.2 cm³/mol. The van der Waals surface area contributed by atoms with Gasteiger partial charge in [0.1, 0.15) is 17.2 Å². The van der Waals surface area contributed by atoms with Gasteiger partial charge in [0.25, 0.3) is 0 Å². The van der Waals surface area contributed by atoms with E-state index in [0.29, 0.717) is 30.3 Å². The van der Waals surface area contributed by atoms with Crippen molar-refractivity contribution in [1.82, 2.24) is 10.1 Å². The van der Waals surface area contributed by atoms with Crippen LogP contribution in [0, 0.1) is 12.8 Å². The number of hydrogen-bond acceptors (Lipinski definition) is 5. The minimum absolute atomic E-state index is 0.0581. The van der Waals surface area contributed by atoms with E-state index in [2.05, 4.69) is 5.16 Å². The summed E-state index contributed by atoms with van der Waals surface area (Å²) in [7, 11) is 3.29. The third-order valence-corrected chi connectivity index (χ3v) is 4.29. The van der Waals surface area contributed by atoms with E-state index in [9.17, 15) is 9.59 Å². The summed E-state index contributed by atoms with van der Waals surface area (Å²) in [6.07, 6.45) is 0.207. The highest BCUT2D eigenvalue weighted by atomic mass is 16.5. The molecule has 1 aliphatic rings. The van der Waals surface area contributed by atoms with Gasteiger partial charge in [-0.25, -0.2) is 0 Å². The highest BCUT2D eigenvalue weighted by Gasteiger charge is 2.36. The van der Waals surface area contributed by atoms with Gasteiger partial charge < -0.3 is 19.1 Å². The lowest BCUT2D eigenvalue weighted by molar-refractivity contribution is -0.135. The Morgan fingerprint density at radius 1 is 1.44 bits per heavy atom. The molecule has 3 rings (SSSR count). The van der Waals surface area contributed by atoms with Crippen molar-refractivity contribution in [3.05, 3.63) is 41.8 Å². The van der Waals surface area contributed by atoms with Crippen molar-refractivity contribution in [1.29, 1.82) is 0 Å². The normalized spacial score (nSPS) is 17.0. The fourth-order valence-electron chi connectivity index (χ4n) is 3.03. The summed E-state index contributed by atoms with van der Waals surface area (Å²) in [6, 6.07) is 9.09. The lowest BCUT2D eigenvalue weighted by Crippen LogP contribution is -2.34. The zero-order valence-electron chi connectivity index (χ0n) is 14.6. The summed E-state index contributed by atoms with van der Waals surface area (Å²) in [6.45, 7) is 2.53. The van der Waals surface area contributed by atoms with Crippen LogP contribution in [0.5, 0.6) is 5.75 Å². The predicted octanol–water partition coefficient (Wildman–Crippen LogP) is 2.00. The molecule has 1 saturated heterocycles. The lowest BCUT2D eigenvalue weighted by Gasteiger charge is -2.21. The van der Waals surface area contributed by atoms with Gasteiger partial charge in [-0.05, 0) is 19.1 Å². The maximum atomic E-state index is 12.7. The van der Waals surface area contributed by atoms with Crippen molar-refractivity contribution < 1.29 is 18.8 Å². The number of rotatable bonds is 5. The number of amides is 2. The van der Waals surface area contributed by atoms with E-state index in [-0.39, 0.29) is 24.2 Å². The molecular formula is C18H21N3O4. The molecule has 2 aromatic rings. The largest absolute Gasteiger partial charge is 0.497 e. The zero-order chi connectivity index (χ0) is 18.0. The third kappa shape index (κ3) is 3.65. The molecule has 0 unspecified atom stereocenters. The Morgan fingerprint density at radius 3 is 2.92 bits per heavy atom.